The van der Waals surface area contributed by atoms with Gasteiger partial charge in [0.2, 0.25) is 5.88 Å². The SMILES string of the molecule is Cc1cc(N2CCC(COc3ncnc(C)c3C)CC2)ncn1. The van der Waals surface area contributed by atoms with Crippen LogP contribution in [-0.2, 0) is 0 Å². The summed E-state index contributed by atoms with van der Waals surface area (Å²) in [6.45, 7) is 8.71. The summed E-state index contributed by atoms with van der Waals surface area (Å²) in [6, 6.07) is 2.05. The van der Waals surface area contributed by atoms with Crippen molar-refractivity contribution in [3.63, 3.8) is 0 Å². The molecule has 0 radical (unpaired) electrons. The van der Waals surface area contributed by atoms with Gasteiger partial charge in [-0.1, -0.05) is 0 Å². The van der Waals surface area contributed by atoms with Gasteiger partial charge in [-0.25, -0.2) is 19.9 Å². The highest BCUT2D eigenvalue weighted by molar-refractivity contribution is 5.39. The van der Waals surface area contributed by atoms with Crippen molar-refractivity contribution in [1.82, 2.24) is 19.9 Å². The summed E-state index contributed by atoms with van der Waals surface area (Å²) in [7, 11) is 0. The van der Waals surface area contributed by atoms with E-state index in [1.54, 1.807) is 12.7 Å². The van der Waals surface area contributed by atoms with Crippen molar-refractivity contribution >= 4 is 5.82 Å². The molecule has 0 aliphatic carbocycles. The Kier molecular flexibility index (Phi) is 4.69. The van der Waals surface area contributed by atoms with E-state index in [0.29, 0.717) is 18.4 Å². The number of aromatic nitrogens is 4. The second kappa shape index (κ2) is 6.89. The molecule has 2 aromatic rings. The van der Waals surface area contributed by atoms with Crippen LogP contribution in [0.4, 0.5) is 5.82 Å². The number of anilines is 1. The minimum atomic E-state index is 0.559. The quantitative estimate of drug-likeness (QED) is 0.864. The van der Waals surface area contributed by atoms with Crippen molar-refractivity contribution in [2.24, 2.45) is 5.92 Å². The third-order valence-corrected chi connectivity index (χ3v) is 4.47. The average molecular weight is 313 g/mol. The Balaban J connectivity index is 1.52. The third-order valence-electron chi connectivity index (χ3n) is 4.47. The minimum absolute atomic E-state index is 0.559. The Morgan fingerprint density at radius 3 is 2.52 bits per heavy atom. The second-order valence-electron chi connectivity index (χ2n) is 6.15. The molecule has 0 saturated carbocycles. The van der Waals surface area contributed by atoms with E-state index in [-0.39, 0.29) is 0 Å². The lowest BCUT2D eigenvalue weighted by Gasteiger charge is -2.32. The smallest absolute Gasteiger partial charge is 0.219 e. The Morgan fingerprint density at radius 1 is 1.04 bits per heavy atom. The molecule has 0 spiro atoms. The van der Waals surface area contributed by atoms with Gasteiger partial charge < -0.3 is 9.64 Å². The predicted molar refractivity (Wildman–Crippen MR) is 88.7 cm³/mol. The number of hydrogen-bond donors (Lipinski definition) is 0. The van der Waals surface area contributed by atoms with Crippen LogP contribution in [0, 0.1) is 26.7 Å². The van der Waals surface area contributed by atoms with Crippen LogP contribution in [0.25, 0.3) is 0 Å². The van der Waals surface area contributed by atoms with Crippen LogP contribution in [0.2, 0.25) is 0 Å². The van der Waals surface area contributed by atoms with E-state index >= 15 is 0 Å². The van der Waals surface area contributed by atoms with Crippen molar-refractivity contribution in [2.75, 3.05) is 24.6 Å². The second-order valence-corrected chi connectivity index (χ2v) is 6.15. The van der Waals surface area contributed by atoms with Gasteiger partial charge in [0.1, 0.15) is 18.5 Å². The Labute approximate surface area is 137 Å². The van der Waals surface area contributed by atoms with E-state index in [9.17, 15) is 0 Å². The summed E-state index contributed by atoms with van der Waals surface area (Å²) in [6.07, 6.45) is 5.41. The number of nitrogens with zero attached hydrogens (tertiary/aromatic N) is 5. The van der Waals surface area contributed by atoms with Crippen molar-refractivity contribution in [3.05, 3.63) is 35.7 Å². The van der Waals surface area contributed by atoms with E-state index in [2.05, 4.69) is 24.8 Å². The lowest BCUT2D eigenvalue weighted by atomic mass is 9.98. The molecule has 2 aromatic heterocycles. The van der Waals surface area contributed by atoms with Crippen molar-refractivity contribution in [3.8, 4) is 5.88 Å². The van der Waals surface area contributed by atoms with E-state index in [1.807, 2.05) is 26.8 Å². The molecule has 0 bridgehead atoms. The fourth-order valence-corrected chi connectivity index (χ4v) is 2.80. The van der Waals surface area contributed by atoms with Crippen LogP contribution in [0.1, 0.15) is 29.8 Å². The summed E-state index contributed by atoms with van der Waals surface area (Å²) in [4.78, 5) is 19.3. The summed E-state index contributed by atoms with van der Waals surface area (Å²) in [5.41, 5.74) is 3.01. The van der Waals surface area contributed by atoms with Crippen LogP contribution in [0.3, 0.4) is 0 Å². The van der Waals surface area contributed by atoms with Gasteiger partial charge >= 0.3 is 0 Å². The van der Waals surface area contributed by atoms with Gasteiger partial charge in [-0.3, -0.25) is 0 Å². The molecule has 3 rings (SSSR count). The molecule has 0 atom stereocenters. The first kappa shape index (κ1) is 15.6. The molecule has 6 heteroatoms. The molecule has 0 unspecified atom stereocenters. The first-order valence-electron chi connectivity index (χ1n) is 8.08. The number of rotatable bonds is 4. The highest BCUT2D eigenvalue weighted by Crippen LogP contribution is 2.23. The van der Waals surface area contributed by atoms with Crippen LogP contribution in [0.5, 0.6) is 5.88 Å². The largest absolute Gasteiger partial charge is 0.477 e. The molecule has 0 amide bonds. The van der Waals surface area contributed by atoms with Crippen molar-refractivity contribution in [1.29, 1.82) is 0 Å². The van der Waals surface area contributed by atoms with Crippen molar-refractivity contribution < 1.29 is 4.74 Å². The maximum absolute atomic E-state index is 5.92. The molecule has 1 saturated heterocycles. The van der Waals surface area contributed by atoms with E-state index in [1.165, 1.54) is 0 Å². The van der Waals surface area contributed by atoms with E-state index in [4.69, 9.17) is 4.74 Å². The third kappa shape index (κ3) is 3.75. The zero-order valence-electron chi connectivity index (χ0n) is 14.0. The lowest BCUT2D eigenvalue weighted by molar-refractivity contribution is 0.214. The maximum atomic E-state index is 5.92. The van der Waals surface area contributed by atoms with Crippen LogP contribution < -0.4 is 9.64 Å². The molecule has 1 aliphatic heterocycles. The zero-order chi connectivity index (χ0) is 16.2. The summed E-state index contributed by atoms with van der Waals surface area (Å²) < 4.78 is 5.92. The summed E-state index contributed by atoms with van der Waals surface area (Å²) >= 11 is 0. The Morgan fingerprint density at radius 2 is 1.78 bits per heavy atom. The normalized spacial score (nSPS) is 15.7. The van der Waals surface area contributed by atoms with Crippen LogP contribution in [0.15, 0.2) is 18.7 Å². The number of aryl methyl sites for hydroxylation is 2. The monoisotopic (exact) mass is 313 g/mol. The molecule has 0 aromatic carbocycles. The van der Waals surface area contributed by atoms with Gasteiger partial charge in [0, 0.05) is 36.1 Å². The Bertz CT molecular complexity index is 668. The van der Waals surface area contributed by atoms with Gasteiger partial charge in [-0.05, 0) is 39.5 Å². The highest BCUT2D eigenvalue weighted by Gasteiger charge is 2.21. The first-order valence-corrected chi connectivity index (χ1v) is 8.08. The molecule has 1 aliphatic rings. The van der Waals surface area contributed by atoms with Gasteiger partial charge in [-0.15, -0.1) is 0 Å². The minimum Gasteiger partial charge on any atom is -0.477 e. The highest BCUT2D eigenvalue weighted by atomic mass is 16.5. The molecular formula is C17H23N5O. The van der Waals surface area contributed by atoms with Gasteiger partial charge in [0.25, 0.3) is 0 Å². The fraction of sp³-hybridized carbons (Fsp3) is 0.529. The number of piperidine rings is 1. The van der Waals surface area contributed by atoms with Crippen LogP contribution >= 0.6 is 0 Å². The van der Waals surface area contributed by atoms with Gasteiger partial charge in [0.05, 0.1) is 6.61 Å². The molecule has 6 nitrogen and oxygen atoms in total. The number of ether oxygens (including phenoxy) is 1. The lowest BCUT2D eigenvalue weighted by Crippen LogP contribution is -2.36. The van der Waals surface area contributed by atoms with E-state index < -0.39 is 0 Å². The zero-order valence-corrected chi connectivity index (χ0v) is 14.0. The summed E-state index contributed by atoms with van der Waals surface area (Å²) in [5, 5.41) is 0. The topological polar surface area (TPSA) is 64.0 Å². The van der Waals surface area contributed by atoms with E-state index in [0.717, 1.165) is 48.7 Å². The molecule has 1 fully saturated rings. The molecule has 23 heavy (non-hydrogen) atoms. The Hall–Kier alpha value is -2.24. The standard InChI is InChI=1S/C17H23N5O/c1-12-8-16(20-10-18-12)22-6-4-15(5-7-22)9-23-17-13(2)14(3)19-11-21-17/h8,10-11,15H,4-7,9H2,1-3H3. The first-order chi connectivity index (χ1) is 11.1. The van der Waals surface area contributed by atoms with Crippen LogP contribution in [-0.4, -0.2) is 39.6 Å². The van der Waals surface area contributed by atoms with Crippen molar-refractivity contribution in [2.45, 2.75) is 33.6 Å². The summed E-state index contributed by atoms with van der Waals surface area (Å²) in [5.74, 6) is 2.30. The maximum Gasteiger partial charge on any atom is 0.219 e. The molecular weight excluding hydrogens is 290 g/mol. The number of hydrogen-bond acceptors (Lipinski definition) is 6. The van der Waals surface area contributed by atoms with Gasteiger partial charge in [0.15, 0.2) is 0 Å². The molecule has 122 valence electrons. The predicted octanol–water partition coefficient (Wildman–Crippen LogP) is 2.49. The average Bonchev–Trinajstić information content (AvgIpc) is 2.57. The fourth-order valence-electron chi connectivity index (χ4n) is 2.80. The molecule has 3 heterocycles. The molecule has 0 N–H and O–H groups in total. The van der Waals surface area contributed by atoms with Gasteiger partial charge in [-0.2, -0.15) is 0 Å².